The SMILES string of the molecule is Cc1noc(C)c1CSc1ccccc1C(=O)OCC(=O)Nc1cc(Cl)c(Cl)cc1Cl. The van der Waals surface area contributed by atoms with Gasteiger partial charge in [0.25, 0.3) is 5.91 Å². The van der Waals surface area contributed by atoms with Crippen molar-refractivity contribution in [3.8, 4) is 0 Å². The van der Waals surface area contributed by atoms with E-state index in [0.717, 1.165) is 21.9 Å². The quantitative estimate of drug-likeness (QED) is 0.232. The first-order valence-corrected chi connectivity index (χ1v) is 11.1. The van der Waals surface area contributed by atoms with Gasteiger partial charge in [-0.05, 0) is 38.1 Å². The van der Waals surface area contributed by atoms with Crippen LogP contribution in [-0.2, 0) is 15.3 Å². The van der Waals surface area contributed by atoms with Crippen molar-refractivity contribution in [2.75, 3.05) is 11.9 Å². The summed E-state index contributed by atoms with van der Waals surface area (Å²) in [6, 6.07) is 9.85. The third kappa shape index (κ3) is 5.95. The second-order valence-electron chi connectivity index (χ2n) is 6.46. The van der Waals surface area contributed by atoms with Crippen molar-refractivity contribution < 1.29 is 18.8 Å². The summed E-state index contributed by atoms with van der Waals surface area (Å²) in [5, 5.41) is 7.20. The number of nitrogens with zero attached hydrogens (tertiary/aromatic N) is 1. The van der Waals surface area contributed by atoms with Crippen molar-refractivity contribution in [1.29, 1.82) is 0 Å². The second-order valence-corrected chi connectivity index (χ2v) is 8.70. The number of hydrogen-bond acceptors (Lipinski definition) is 6. The van der Waals surface area contributed by atoms with Crippen molar-refractivity contribution in [3.05, 3.63) is 74.0 Å². The van der Waals surface area contributed by atoms with Gasteiger partial charge in [0.15, 0.2) is 6.61 Å². The summed E-state index contributed by atoms with van der Waals surface area (Å²) in [4.78, 5) is 25.5. The summed E-state index contributed by atoms with van der Waals surface area (Å²) in [7, 11) is 0. The Bertz CT molecular complexity index is 1110. The molecule has 1 heterocycles. The third-order valence-electron chi connectivity index (χ3n) is 4.28. The highest BCUT2D eigenvalue weighted by molar-refractivity contribution is 7.98. The molecule has 0 radical (unpaired) electrons. The number of nitrogens with one attached hydrogen (secondary N) is 1. The van der Waals surface area contributed by atoms with Crippen LogP contribution in [0, 0.1) is 13.8 Å². The first-order chi connectivity index (χ1) is 14.8. The zero-order valence-electron chi connectivity index (χ0n) is 16.5. The molecule has 162 valence electrons. The molecule has 3 aromatic rings. The standard InChI is InChI=1S/C21H17Cl3N2O4S/c1-11-14(12(2)30-26-11)10-31-19-6-4-3-5-13(19)21(28)29-9-20(27)25-18-8-16(23)15(22)7-17(18)24/h3-8H,9-10H2,1-2H3,(H,25,27). The zero-order valence-corrected chi connectivity index (χ0v) is 19.6. The van der Waals surface area contributed by atoms with Gasteiger partial charge in [0.2, 0.25) is 0 Å². The Kier molecular flexibility index (Phi) is 7.89. The fourth-order valence-corrected chi connectivity index (χ4v) is 4.42. The third-order valence-corrected chi connectivity index (χ3v) is 6.41. The van der Waals surface area contributed by atoms with Crippen molar-refractivity contribution in [2.24, 2.45) is 0 Å². The molecule has 1 N–H and O–H groups in total. The number of rotatable bonds is 7. The van der Waals surface area contributed by atoms with E-state index in [1.54, 1.807) is 12.1 Å². The van der Waals surface area contributed by atoms with E-state index < -0.39 is 18.5 Å². The molecular weight excluding hydrogens is 483 g/mol. The van der Waals surface area contributed by atoms with Crippen LogP contribution in [0.1, 0.15) is 27.4 Å². The lowest BCUT2D eigenvalue weighted by molar-refractivity contribution is -0.119. The molecular formula is C21H17Cl3N2O4S. The van der Waals surface area contributed by atoms with Gasteiger partial charge in [-0.3, -0.25) is 4.79 Å². The Labute approximate surface area is 198 Å². The van der Waals surface area contributed by atoms with E-state index in [4.69, 9.17) is 44.1 Å². The van der Waals surface area contributed by atoms with Crippen molar-refractivity contribution in [1.82, 2.24) is 5.16 Å². The number of carbonyl (C=O) groups excluding carboxylic acids is 2. The summed E-state index contributed by atoms with van der Waals surface area (Å²) in [6.07, 6.45) is 0. The highest BCUT2D eigenvalue weighted by atomic mass is 35.5. The number of thioether (sulfide) groups is 1. The number of carbonyl (C=O) groups is 2. The van der Waals surface area contributed by atoms with E-state index >= 15 is 0 Å². The average Bonchev–Trinajstić information content (AvgIpc) is 3.06. The highest BCUT2D eigenvalue weighted by Gasteiger charge is 2.17. The van der Waals surface area contributed by atoms with E-state index in [1.807, 2.05) is 26.0 Å². The van der Waals surface area contributed by atoms with Gasteiger partial charge in [-0.2, -0.15) is 0 Å². The molecule has 0 saturated carbocycles. The van der Waals surface area contributed by atoms with Crippen molar-refractivity contribution in [2.45, 2.75) is 24.5 Å². The Morgan fingerprint density at radius 2 is 1.81 bits per heavy atom. The first kappa shape index (κ1) is 23.5. The Morgan fingerprint density at radius 1 is 1.10 bits per heavy atom. The monoisotopic (exact) mass is 498 g/mol. The Balaban J connectivity index is 1.62. The van der Waals surface area contributed by atoms with Crippen molar-refractivity contribution in [3.63, 3.8) is 0 Å². The molecule has 31 heavy (non-hydrogen) atoms. The lowest BCUT2D eigenvalue weighted by Crippen LogP contribution is -2.21. The van der Waals surface area contributed by atoms with Gasteiger partial charge >= 0.3 is 5.97 Å². The fourth-order valence-electron chi connectivity index (χ4n) is 2.63. The van der Waals surface area contributed by atoms with Crippen molar-refractivity contribution >= 4 is 64.1 Å². The van der Waals surface area contributed by atoms with Crippen LogP contribution in [0.25, 0.3) is 0 Å². The van der Waals surface area contributed by atoms with E-state index in [0.29, 0.717) is 11.3 Å². The topological polar surface area (TPSA) is 81.4 Å². The molecule has 0 aliphatic carbocycles. The van der Waals surface area contributed by atoms with E-state index in [9.17, 15) is 9.59 Å². The molecule has 0 saturated heterocycles. The van der Waals surface area contributed by atoms with Gasteiger partial charge < -0.3 is 14.6 Å². The van der Waals surface area contributed by atoms with E-state index in [2.05, 4.69) is 10.5 Å². The molecule has 0 atom stereocenters. The highest BCUT2D eigenvalue weighted by Crippen LogP contribution is 2.32. The van der Waals surface area contributed by atoms with Crippen LogP contribution < -0.4 is 5.32 Å². The number of hydrogen-bond donors (Lipinski definition) is 1. The molecule has 10 heteroatoms. The van der Waals surface area contributed by atoms with Gasteiger partial charge in [0.1, 0.15) is 5.76 Å². The molecule has 1 aromatic heterocycles. The van der Waals surface area contributed by atoms with E-state index in [1.165, 1.54) is 23.9 Å². The summed E-state index contributed by atoms with van der Waals surface area (Å²) >= 11 is 19.3. The minimum atomic E-state index is -0.614. The smallest absolute Gasteiger partial charge is 0.339 e. The summed E-state index contributed by atoms with van der Waals surface area (Å²) < 4.78 is 10.4. The predicted octanol–water partition coefficient (Wildman–Crippen LogP) is 6.34. The minimum Gasteiger partial charge on any atom is -0.452 e. The maximum Gasteiger partial charge on any atom is 0.339 e. The number of amides is 1. The Hall–Kier alpha value is -2.19. The lowest BCUT2D eigenvalue weighted by Gasteiger charge is -2.11. The molecule has 0 fully saturated rings. The van der Waals surface area contributed by atoms with Gasteiger partial charge in [0.05, 0.1) is 32.0 Å². The number of anilines is 1. The molecule has 1 amide bonds. The second kappa shape index (κ2) is 10.4. The lowest BCUT2D eigenvalue weighted by atomic mass is 10.2. The van der Waals surface area contributed by atoms with Gasteiger partial charge in [0, 0.05) is 16.2 Å². The van der Waals surface area contributed by atoms with Crippen LogP contribution in [-0.4, -0.2) is 23.6 Å². The minimum absolute atomic E-state index is 0.218. The predicted molar refractivity (Wildman–Crippen MR) is 122 cm³/mol. The molecule has 0 bridgehead atoms. The van der Waals surface area contributed by atoms with Gasteiger partial charge in [-0.15, -0.1) is 11.8 Å². The Morgan fingerprint density at radius 3 is 2.52 bits per heavy atom. The van der Waals surface area contributed by atoms with Crippen LogP contribution in [0.2, 0.25) is 15.1 Å². The molecule has 0 aliphatic rings. The zero-order chi connectivity index (χ0) is 22.5. The van der Waals surface area contributed by atoms with Crippen LogP contribution in [0.15, 0.2) is 45.8 Å². The largest absolute Gasteiger partial charge is 0.452 e. The van der Waals surface area contributed by atoms with Gasteiger partial charge in [-0.25, -0.2) is 4.79 Å². The van der Waals surface area contributed by atoms with E-state index in [-0.39, 0.29) is 20.8 Å². The van der Waals surface area contributed by atoms with Crippen LogP contribution in [0.4, 0.5) is 5.69 Å². The molecule has 0 unspecified atom stereocenters. The molecule has 6 nitrogen and oxygen atoms in total. The average molecular weight is 500 g/mol. The number of aryl methyl sites for hydroxylation is 2. The fraction of sp³-hybridized carbons (Fsp3) is 0.190. The van der Waals surface area contributed by atoms with Gasteiger partial charge in [-0.1, -0.05) is 52.1 Å². The number of esters is 1. The molecule has 3 rings (SSSR count). The summed E-state index contributed by atoms with van der Waals surface area (Å²) in [6.45, 7) is 3.22. The van der Waals surface area contributed by atoms with Crippen LogP contribution in [0.5, 0.6) is 0 Å². The number of aromatic nitrogens is 1. The number of benzene rings is 2. The maximum atomic E-state index is 12.6. The summed E-state index contributed by atoms with van der Waals surface area (Å²) in [5.74, 6) is 0.149. The maximum absolute atomic E-state index is 12.6. The number of ether oxygens (including phenoxy) is 1. The van der Waals surface area contributed by atoms with Crippen LogP contribution >= 0.6 is 46.6 Å². The summed E-state index contributed by atoms with van der Waals surface area (Å²) in [5.41, 5.74) is 2.42. The molecule has 2 aromatic carbocycles. The number of halogens is 3. The molecule has 0 aliphatic heterocycles. The normalized spacial score (nSPS) is 10.7. The van der Waals surface area contributed by atoms with Crippen LogP contribution in [0.3, 0.4) is 0 Å². The molecule has 0 spiro atoms. The first-order valence-electron chi connectivity index (χ1n) is 9.01.